The van der Waals surface area contributed by atoms with E-state index in [0.717, 1.165) is 24.1 Å². The fourth-order valence-corrected chi connectivity index (χ4v) is 3.87. The monoisotopic (exact) mass is 393 g/mol. The zero-order valence-corrected chi connectivity index (χ0v) is 16.3. The SMILES string of the molecule is CC1=C(C(=O)Nc2cc(C)on2)[C@H](c2cccc(C#N)c2)NC(=S)N1C1CC1. The number of benzene rings is 1. The van der Waals surface area contributed by atoms with Crippen LogP contribution < -0.4 is 10.6 Å². The van der Waals surface area contributed by atoms with E-state index in [-0.39, 0.29) is 5.91 Å². The smallest absolute Gasteiger partial charge is 0.257 e. The van der Waals surface area contributed by atoms with Crippen LogP contribution in [-0.4, -0.2) is 27.1 Å². The summed E-state index contributed by atoms with van der Waals surface area (Å²) >= 11 is 5.59. The molecule has 2 heterocycles. The summed E-state index contributed by atoms with van der Waals surface area (Å²) < 4.78 is 5.04. The van der Waals surface area contributed by atoms with E-state index in [1.807, 2.05) is 17.9 Å². The number of hydrogen-bond donors (Lipinski definition) is 2. The van der Waals surface area contributed by atoms with Crippen molar-refractivity contribution in [3.63, 3.8) is 0 Å². The predicted octanol–water partition coefficient (Wildman–Crippen LogP) is 3.16. The number of nitrogens with one attached hydrogen (secondary N) is 2. The van der Waals surface area contributed by atoms with E-state index in [2.05, 4.69) is 21.9 Å². The van der Waals surface area contributed by atoms with Crippen LogP contribution in [0, 0.1) is 18.3 Å². The molecule has 1 atom stereocenters. The van der Waals surface area contributed by atoms with Crippen molar-refractivity contribution < 1.29 is 9.32 Å². The van der Waals surface area contributed by atoms with Crippen molar-refractivity contribution in [2.24, 2.45) is 0 Å². The summed E-state index contributed by atoms with van der Waals surface area (Å²) in [4.78, 5) is 15.2. The van der Waals surface area contributed by atoms with Crippen molar-refractivity contribution in [2.45, 2.75) is 38.8 Å². The molecule has 1 aliphatic heterocycles. The maximum Gasteiger partial charge on any atom is 0.257 e. The average Bonchev–Trinajstić information content (AvgIpc) is 3.42. The molecular weight excluding hydrogens is 374 g/mol. The molecule has 8 heteroatoms. The van der Waals surface area contributed by atoms with E-state index >= 15 is 0 Å². The Hall–Kier alpha value is -3.18. The van der Waals surface area contributed by atoms with Crippen molar-refractivity contribution in [2.75, 3.05) is 5.32 Å². The van der Waals surface area contributed by atoms with Crippen LogP contribution in [0.15, 0.2) is 46.1 Å². The van der Waals surface area contributed by atoms with Crippen LogP contribution in [0.1, 0.15) is 42.7 Å². The summed E-state index contributed by atoms with van der Waals surface area (Å²) in [6.07, 6.45) is 2.09. The zero-order valence-electron chi connectivity index (χ0n) is 15.5. The average molecular weight is 393 g/mol. The van der Waals surface area contributed by atoms with Crippen LogP contribution in [0.25, 0.3) is 0 Å². The highest BCUT2D eigenvalue weighted by Gasteiger charge is 2.40. The number of nitrogens with zero attached hydrogens (tertiary/aromatic N) is 3. The Balaban J connectivity index is 1.75. The Bertz CT molecular complexity index is 1030. The number of anilines is 1. The number of rotatable bonds is 4. The molecule has 1 amide bonds. The lowest BCUT2D eigenvalue weighted by Gasteiger charge is -2.38. The molecule has 2 N–H and O–H groups in total. The van der Waals surface area contributed by atoms with E-state index in [1.54, 1.807) is 31.2 Å². The van der Waals surface area contributed by atoms with E-state index in [4.69, 9.17) is 16.7 Å². The first kappa shape index (κ1) is 18.2. The van der Waals surface area contributed by atoms with Gasteiger partial charge in [-0.05, 0) is 56.6 Å². The third-order valence-corrected chi connectivity index (χ3v) is 5.22. The van der Waals surface area contributed by atoms with Crippen LogP contribution >= 0.6 is 12.2 Å². The van der Waals surface area contributed by atoms with Crippen molar-refractivity contribution in [1.29, 1.82) is 5.26 Å². The molecule has 0 radical (unpaired) electrons. The second-order valence-electron chi connectivity index (χ2n) is 7.00. The highest BCUT2D eigenvalue weighted by molar-refractivity contribution is 7.80. The van der Waals surface area contributed by atoms with Gasteiger partial charge < -0.3 is 20.1 Å². The minimum Gasteiger partial charge on any atom is -0.360 e. The largest absolute Gasteiger partial charge is 0.360 e. The molecular formula is C20H19N5O2S. The lowest BCUT2D eigenvalue weighted by molar-refractivity contribution is -0.113. The Morgan fingerprint density at radius 3 is 2.82 bits per heavy atom. The first-order chi connectivity index (χ1) is 13.5. The second-order valence-corrected chi connectivity index (χ2v) is 7.38. The van der Waals surface area contributed by atoms with Gasteiger partial charge in [0.15, 0.2) is 10.9 Å². The minimum atomic E-state index is -0.455. The topological polar surface area (TPSA) is 94.2 Å². The quantitative estimate of drug-likeness (QED) is 0.771. The highest BCUT2D eigenvalue weighted by Crippen LogP contribution is 2.38. The standard InChI is InChI=1S/C20H19N5O2S/c1-11-8-16(24-27-11)22-19(26)17-12(2)25(15-6-7-15)20(28)23-18(17)14-5-3-4-13(9-14)10-21/h3-5,8-9,15,18H,6-7H2,1-2H3,(H,23,28)(H,22,24,26)/t18-/m0/s1. The molecule has 142 valence electrons. The van der Waals surface area contributed by atoms with E-state index < -0.39 is 6.04 Å². The summed E-state index contributed by atoms with van der Waals surface area (Å²) in [5.41, 5.74) is 2.70. The van der Waals surface area contributed by atoms with Gasteiger partial charge in [0.25, 0.3) is 5.91 Å². The molecule has 28 heavy (non-hydrogen) atoms. The molecule has 1 fully saturated rings. The summed E-state index contributed by atoms with van der Waals surface area (Å²) in [5, 5.41) is 19.8. The van der Waals surface area contributed by atoms with E-state index in [1.165, 1.54) is 0 Å². The Morgan fingerprint density at radius 1 is 1.39 bits per heavy atom. The molecule has 1 aliphatic carbocycles. The minimum absolute atomic E-state index is 0.279. The van der Waals surface area contributed by atoms with Gasteiger partial charge in [-0.1, -0.05) is 17.3 Å². The zero-order chi connectivity index (χ0) is 19.8. The molecule has 0 saturated heterocycles. The van der Waals surface area contributed by atoms with Gasteiger partial charge in [-0.2, -0.15) is 5.26 Å². The third-order valence-electron chi connectivity index (χ3n) is 4.90. The van der Waals surface area contributed by atoms with Crippen molar-refractivity contribution >= 4 is 29.1 Å². The highest BCUT2D eigenvalue weighted by atomic mass is 32.1. The third kappa shape index (κ3) is 3.37. The van der Waals surface area contributed by atoms with Gasteiger partial charge in [0, 0.05) is 17.8 Å². The van der Waals surface area contributed by atoms with Crippen LogP contribution in [0.4, 0.5) is 5.82 Å². The Labute approximate surface area is 168 Å². The van der Waals surface area contributed by atoms with Gasteiger partial charge in [0.05, 0.1) is 23.2 Å². The molecule has 1 saturated carbocycles. The molecule has 2 aromatic rings. The van der Waals surface area contributed by atoms with Crippen LogP contribution in [0.5, 0.6) is 0 Å². The number of thiocarbonyl (C=S) groups is 1. The normalized spacial score (nSPS) is 19.2. The number of carbonyl (C=O) groups is 1. The van der Waals surface area contributed by atoms with Gasteiger partial charge in [-0.3, -0.25) is 4.79 Å². The molecule has 2 aliphatic rings. The number of nitriles is 1. The number of aryl methyl sites for hydroxylation is 1. The molecule has 4 rings (SSSR count). The molecule has 0 spiro atoms. The summed E-state index contributed by atoms with van der Waals surface area (Å²) in [6, 6.07) is 10.9. The Kier molecular flexibility index (Phi) is 4.61. The maximum absolute atomic E-state index is 13.2. The van der Waals surface area contributed by atoms with E-state index in [9.17, 15) is 10.1 Å². The summed E-state index contributed by atoms with van der Waals surface area (Å²) in [6.45, 7) is 3.67. The van der Waals surface area contributed by atoms with Crippen LogP contribution in [-0.2, 0) is 4.79 Å². The first-order valence-electron chi connectivity index (χ1n) is 9.03. The first-order valence-corrected chi connectivity index (χ1v) is 9.44. The summed E-state index contributed by atoms with van der Waals surface area (Å²) in [5.74, 6) is 0.694. The van der Waals surface area contributed by atoms with Gasteiger partial charge in [-0.15, -0.1) is 0 Å². The fourth-order valence-electron chi connectivity index (χ4n) is 3.47. The van der Waals surface area contributed by atoms with Gasteiger partial charge in [0.1, 0.15) is 5.76 Å². The van der Waals surface area contributed by atoms with Crippen molar-refractivity contribution in [3.05, 3.63) is 58.5 Å². The molecule has 7 nitrogen and oxygen atoms in total. The number of amides is 1. The lowest BCUT2D eigenvalue weighted by Crippen LogP contribution is -2.49. The fraction of sp³-hybridized carbons (Fsp3) is 0.300. The second kappa shape index (κ2) is 7.09. The van der Waals surface area contributed by atoms with Crippen molar-refractivity contribution in [3.8, 4) is 6.07 Å². The van der Waals surface area contributed by atoms with Crippen molar-refractivity contribution in [1.82, 2.24) is 15.4 Å². The molecule has 1 aromatic heterocycles. The van der Waals surface area contributed by atoms with Gasteiger partial charge in [0.2, 0.25) is 0 Å². The van der Waals surface area contributed by atoms with Crippen LogP contribution in [0.2, 0.25) is 0 Å². The molecule has 0 unspecified atom stereocenters. The number of carbonyl (C=O) groups excluding carboxylic acids is 1. The van der Waals surface area contributed by atoms with Gasteiger partial charge >= 0.3 is 0 Å². The lowest BCUT2D eigenvalue weighted by atomic mass is 9.93. The van der Waals surface area contributed by atoms with Crippen LogP contribution in [0.3, 0.4) is 0 Å². The number of allylic oxidation sites excluding steroid dienone is 1. The van der Waals surface area contributed by atoms with Gasteiger partial charge in [-0.25, -0.2) is 0 Å². The van der Waals surface area contributed by atoms with E-state index in [0.29, 0.717) is 33.9 Å². The number of aromatic nitrogens is 1. The Morgan fingerprint density at radius 2 is 2.18 bits per heavy atom. The molecule has 1 aromatic carbocycles. The molecule has 0 bridgehead atoms. The predicted molar refractivity (Wildman–Crippen MR) is 107 cm³/mol. The maximum atomic E-state index is 13.2. The number of hydrogen-bond acceptors (Lipinski definition) is 5. The summed E-state index contributed by atoms with van der Waals surface area (Å²) in [7, 11) is 0.